The maximum Gasteiger partial charge on any atom is 0.495 e. The third-order valence-electron chi connectivity index (χ3n) is 6.48. The topological polar surface area (TPSA) is 113 Å². The monoisotopic (exact) mass is 602 g/mol. The second kappa shape index (κ2) is 13.1. The predicted octanol–water partition coefficient (Wildman–Crippen LogP) is 4.70. The second-order valence-electron chi connectivity index (χ2n) is 10.2. The number of alkyl halides is 3. The Balaban J connectivity index is 1.42. The number of nitrogens with zero attached hydrogens (tertiary/aromatic N) is 2. The number of carbonyl (C=O) groups is 3. The Bertz CT molecular complexity index is 1450. The molecule has 13 heteroatoms. The molecule has 1 atom stereocenters. The molecular formula is C30H29F3N2O8. The van der Waals surface area contributed by atoms with Gasteiger partial charge in [-0.2, -0.15) is 13.2 Å². The van der Waals surface area contributed by atoms with Crippen molar-refractivity contribution in [2.45, 2.75) is 44.7 Å². The Morgan fingerprint density at radius 3 is 2.35 bits per heavy atom. The van der Waals surface area contributed by atoms with Gasteiger partial charge in [-0.05, 0) is 44.0 Å². The highest BCUT2D eigenvalue weighted by Gasteiger charge is 2.44. The predicted molar refractivity (Wildman–Crippen MR) is 144 cm³/mol. The average molecular weight is 603 g/mol. The summed E-state index contributed by atoms with van der Waals surface area (Å²) in [5, 5.41) is 0. The van der Waals surface area contributed by atoms with Crippen LogP contribution in [0.2, 0.25) is 0 Å². The molecule has 3 aromatic rings. The highest BCUT2D eigenvalue weighted by Crippen LogP contribution is 2.31. The number of rotatable bonds is 10. The summed E-state index contributed by atoms with van der Waals surface area (Å²) in [5.41, 5.74) is -0.592. The molecule has 0 saturated carbocycles. The van der Waals surface area contributed by atoms with Gasteiger partial charge in [0.25, 0.3) is 0 Å². The zero-order valence-corrected chi connectivity index (χ0v) is 23.6. The van der Waals surface area contributed by atoms with Gasteiger partial charge in [-0.1, -0.05) is 30.3 Å². The van der Waals surface area contributed by atoms with Crippen LogP contribution in [-0.4, -0.2) is 65.7 Å². The van der Waals surface area contributed by atoms with Crippen molar-refractivity contribution in [2.75, 3.05) is 20.2 Å². The van der Waals surface area contributed by atoms with E-state index in [4.69, 9.17) is 14.2 Å². The molecule has 4 rings (SSSR count). The number of ether oxygens (including phenoxy) is 3. The zero-order valence-electron chi connectivity index (χ0n) is 23.6. The zero-order chi connectivity index (χ0) is 31.2. The largest absolute Gasteiger partial charge is 0.497 e. The fourth-order valence-corrected chi connectivity index (χ4v) is 4.23. The Morgan fingerprint density at radius 2 is 1.70 bits per heavy atom. The molecule has 0 aliphatic carbocycles. The second-order valence-corrected chi connectivity index (χ2v) is 10.2. The summed E-state index contributed by atoms with van der Waals surface area (Å²) in [6, 6.07) is 17.4. The summed E-state index contributed by atoms with van der Waals surface area (Å²) in [7, 11) is 1.37. The van der Waals surface area contributed by atoms with Gasteiger partial charge in [0.1, 0.15) is 17.6 Å². The average Bonchev–Trinajstić information content (AvgIpc) is 3.41. The van der Waals surface area contributed by atoms with Crippen LogP contribution in [0, 0.1) is 0 Å². The molecule has 1 aliphatic heterocycles. The van der Waals surface area contributed by atoms with E-state index in [9.17, 15) is 27.6 Å². The van der Waals surface area contributed by atoms with Gasteiger partial charge in [0, 0.05) is 43.5 Å². The van der Waals surface area contributed by atoms with Crippen LogP contribution in [0.1, 0.15) is 41.8 Å². The van der Waals surface area contributed by atoms with Gasteiger partial charge in [0.2, 0.25) is 11.5 Å². The van der Waals surface area contributed by atoms with E-state index >= 15 is 0 Å². The molecule has 1 aliphatic rings. The van der Waals surface area contributed by atoms with Gasteiger partial charge in [0.05, 0.1) is 12.7 Å². The van der Waals surface area contributed by atoms with Gasteiger partial charge < -0.3 is 14.2 Å². The first-order chi connectivity index (χ1) is 20.4. The van der Waals surface area contributed by atoms with Crippen molar-refractivity contribution < 1.29 is 51.5 Å². The number of hydrogen-bond donors (Lipinski definition) is 0. The van der Waals surface area contributed by atoms with Gasteiger partial charge in [-0.15, -0.1) is 0 Å². The van der Waals surface area contributed by atoms with E-state index in [1.165, 1.54) is 43.1 Å². The Morgan fingerprint density at radius 1 is 0.977 bits per heavy atom. The maximum absolute atomic E-state index is 13.4. The van der Waals surface area contributed by atoms with Crippen LogP contribution in [-0.2, 0) is 25.9 Å². The number of carbonyl (C=O) groups excluding carboxylic acids is 3. The molecule has 2 aromatic carbocycles. The highest BCUT2D eigenvalue weighted by atomic mass is 19.4. The normalized spacial score (nSPS) is 15.4. The minimum absolute atomic E-state index is 0.00298. The van der Waals surface area contributed by atoms with E-state index in [0.717, 1.165) is 39.9 Å². The molecule has 1 aromatic heterocycles. The molecule has 1 saturated heterocycles. The van der Waals surface area contributed by atoms with Gasteiger partial charge in [-0.25, -0.2) is 24.3 Å². The van der Waals surface area contributed by atoms with E-state index in [2.05, 4.69) is 31.8 Å². The van der Waals surface area contributed by atoms with Crippen molar-refractivity contribution >= 4 is 17.7 Å². The lowest BCUT2D eigenvalue weighted by Gasteiger charge is -2.24. The molecule has 0 N–H and O–H groups in total. The number of ketones is 1. The summed E-state index contributed by atoms with van der Waals surface area (Å²) in [5.74, 6) is -4.22. The van der Waals surface area contributed by atoms with Gasteiger partial charge in [0.15, 0.2) is 5.78 Å². The molecule has 0 amide bonds. The maximum atomic E-state index is 13.4. The SMILES string of the molecule is COc1ccc(C(=O)c2ccc(OC3CCN(Cc4ccccc4)C3)nc2)c(OC(C)(C)C(=O)OOC(=O)C(F)(F)F)c1. The van der Waals surface area contributed by atoms with Gasteiger partial charge >= 0.3 is 18.1 Å². The van der Waals surface area contributed by atoms with Crippen molar-refractivity contribution in [3.63, 3.8) is 0 Å². The summed E-state index contributed by atoms with van der Waals surface area (Å²) in [6.07, 6.45) is -3.25. The Hall–Kier alpha value is -4.65. The Labute approximate surface area is 245 Å². The fraction of sp³-hybridized carbons (Fsp3) is 0.333. The summed E-state index contributed by atoms with van der Waals surface area (Å²) in [4.78, 5) is 50.8. The first-order valence-corrected chi connectivity index (χ1v) is 13.2. The van der Waals surface area contributed by atoms with E-state index in [1.807, 2.05) is 18.2 Å². The standard InChI is InChI=1S/C30H29F3N2O8/c1-29(2,27(37)42-43-28(38)30(31,32)33)41-24-15-21(39-3)10-11-23(24)26(36)20-9-12-25(34-16-20)40-22-13-14-35(18-22)17-19-7-5-4-6-8-19/h4-12,15-16,22H,13-14,17-18H2,1-3H3. The number of halogens is 3. The molecule has 2 heterocycles. The first kappa shape index (κ1) is 31.3. The molecule has 10 nitrogen and oxygen atoms in total. The smallest absolute Gasteiger partial charge is 0.495 e. The molecule has 228 valence electrons. The number of benzene rings is 2. The Kier molecular flexibility index (Phi) is 9.54. The summed E-state index contributed by atoms with van der Waals surface area (Å²) in [6.45, 7) is 4.74. The van der Waals surface area contributed by atoms with Crippen LogP contribution in [0.25, 0.3) is 0 Å². The van der Waals surface area contributed by atoms with Crippen LogP contribution in [0.4, 0.5) is 13.2 Å². The highest BCUT2D eigenvalue weighted by molar-refractivity contribution is 6.10. The number of hydrogen-bond acceptors (Lipinski definition) is 10. The van der Waals surface area contributed by atoms with Crippen LogP contribution in [0.15, 0.2) is 66.9 Å². The summed E-state index contributed by atoms with van der Waals surface area (Å²) >= 11 is 0. The lowest BCUT2D eigenvalue weighted by molar-refractivity contribution is -0.291. The minimum atomic E-state index is -5.37. The number of pyridine rings is 1. The molecule has 43 heavy (non-hydrogen) atoms. The summed E-state index contributed by atoms with van der Waals surface area (Å²) < 4.78 is 54.0. The molecular weight excluding hydrogens is 573 g/mol. The third kappa shape index (κ3) is 8.22. The van der Waals surface area contributed by atoms with E-state index < -0.39 is 29.5 Å². The van der Waals surface area contributed by atoms with E-state index in [1.54, 1.807) is 6.07 Å². The fourth-order valence-electron chi connectivity index (χ4n) is 4.23. The third-order valence-corrected chi connectivity index (χ3v) is 6.48. The van der Waals surface area contributed by atoms with Crippen molar-refractivity contribution in [2.24, 2.45) is 0 Å². The molecule has 0 radical (unpaired) electrons. The quantitative estimate of drug-likeness (QED) is 0.184. The lowest BCUT2D eigenvalue weighted by Crippen LogP contribution is -2.41. The van der Waals surface area contributed by atoms with E-state index in [-0.39, 0.29) is 28.7 Å². The van der Waals surface area contributed by atoms with Crippen LogP contribution < -0.4 is 14.2 Å². The number of likely N-dealkylation sites (tertiary alicyclic amines) is 1. The van der Waals surface area contributed by atoms with E-state index in [0.29, 0.717) is 5.88 Å². The van der Waals surface area contributed by atoms with Crippen molar-refractivity contribution in [3.8, 4) is 17.4 Å². The van der Waals surface area contributed by atoms with Crippen LogP contribution in [0.3, 0.4) is 0 Å². The van der Waals surface area contributed by atoms with Crippen molar-refractivity contribution in [1.82, 2.24) is 9.88 Å². The van der Waals surface area contributed by atoms with Crippen LogP contribution >= 0.6 is 0 Å². The van der Waals surface area contributed by atoms with Gasteiger partial charge in [-0.3, -0.25) is 9.69 Å². The number of methoxy groups -OCH3 is 1. The molecule has 0 spiro atoms. The molecule has 1 fully saturated rings. The lowest BCUT2D eigenvalue weighted by atomic mass is 10.0. The number of aromatic nitrogens is 1. The van der Waals surface area contributed by atoms with Crippen molar-refractivity contribution in [1.29, 1.82) is 0 Å². The van der Waals surface area contributed by atoms with Crippen LogP contribution in [0.5, 0.6) is 17.4 Å². The molecule has 1 unspecified atom stereocenters. The molecule has 0 bridgehead atoms. The van der Waals surface area contributed by atoms with Crippen molar-refractivity contribution in [3.05, 3.63) is 83.6 Å². The minimum Gasteiger partial charge on any atom is -0.497 e. The first-order valence-electron chi connectivity index (χ1n) is 13.2.